The molecule has 2 amide bonds. The number of amides is 2. The molecule has 0 saturated carbocycles. The third-order valence-electron chi connectivity index (χ3n) is 5.14. The normalized spacial score (nSPS) is 15.7. The van der Waals surface area contributed by atoms with E-state index in [4.69, 9.17) is 17.0 Å². The number of hydrogen-bond acceptors (Lipinski definition) is 5. The van der Waals surface area contributed by atoms with E-state index >= 15 is 0 Å². The fraction of sp³-hybridized carbons (Fsp3) is 0.167. The quantitative estimate of drug-likeness (QED) is 0.559. The van der Waals surface area contributed by atoms with Crippen LogP contribution in [0.1, 0.15) is 12.1 Å². The van der Waals surface area contributed by atoms with Crippen molar-refractivity contribution in [2.45, 2.75) is 19.0 Å². The van der Waals surface area contributed by atoms with Gasteiger partial charge in [0.25, 0.3) is 5.91 Å². The van der Waals surface area contributed by atoms with Crippen LogP contribution in [0.2, 0.25) is 0 Å². The molecule has 0 aliphatic carbocycles. The summed E-state index contributed by atoms with van der Waals surface area (Å²) >= 11 is 5.67. The van der Waals surface area contributed by atoms with E-state index in [0.29, 0.717) is 28.8 Å². The summed E-state index contributed by atoms with van der Waals surface area (Å²) < 4.78 is 5.14. The van der Waals surface area contributed by atoms with Crippen LogP contribution in [0.25, 0.3) is 0 Å². The molecule has 2 aromatic carbocycles. The monoisotopic (exact) mass is 446 g/mol. The number of thiocarbonyl (C=S) groups is 1. The van der Waals surface area contributed by atoms with Gasteiger partial charge in [0.15, 0.2) is 5.11 Å². The second-order valence-corrected chi connectivity index (χ2v) is 7.60. The highest BCUT2D eigenvalue weighted by atomic mass is 32.1. The van der Waals surface area contributed by atoms with Crippen LogP contribution >= 0.6 is 12.2 Å². The van der Waals surface area contributed by atoms with E-state index in [1.54, 1.807) is 42.5 Å². The molecular weight excluding hydrogens is 424 g/mol. The number of pyridine rings is 1. The summed E-state index contributed by atoms with van der Waals surface area (Å²) in [6.45, 7) is 0.329. The van der Waals surface area contributed by atoms with Crippen molar-refractivity contribution in [3.8, 4) is 5.75 Å². The first kappa shape index (κ1) is 21.5. The Bertz CT molecular complexity index is 1110. The number of hydrogen-bond donors (Lipinski definition) is 1. The lowest BCUT2D eigenvalue weighted by Crippen LogP contribution is -2.37. The fourth-order valence-electron chi connectivity index (χ4n) is 3.56. The van der Waals surface area contributed by atoms with E-state index in [1.807, 2.05) is 48.5 Å². The molecule has 0 spiro atoms. The maximum Gasteiger partial charge on any atom is 0.256 e. The standard InChI is InChI=1S/C24H22N4O3S/c1-31-20-12-10-17(11-13-20)26-22(29)15-21-23(30)28(19-8-3-2-4-9-19)24(32)27(21)16-18-7-5-6-14-25-18/h2-14,21H,15-16H2,1H3,(H,26,29)/t21-/m1/s1. The smallest absolute Gasteiger partial charge is 0.256 e. The minimum atomic E-state index is -0.733. The fourth-order valence-corrected chi connectivity index (χ4v) is 3.94. The Morgan fingerprint density at radius 2 is 1.78 bits per heavy atom. The maximum atomic E-state index is 13.4. The van der Waals surface area contributed by atoms with Gasteiger partial charge in [-0.3, -0.25) is 19.5 Å². The number of carbonyl (C=O) groups excluding carboxylic acids is 2. The van der Waals surface area contributed by atoms with Gasteiger partial charge in [-0.25, -0.2) is 0 Å². The second kappa shape index (κ2) is 9.57. The minimum absolute atomic E-state index is 0.0405. The Labute approximate surface area is 191 Å². The average molecular weight is 447 g/mol. The molecule has 0 radical (unpaired) electrons. The first-order chi connectivity index (χ1) is 15.6. The van der Waals surface area contributed by atoms with Crippen LogP contribution in [0.4, 0.5) is 11.4 Å². The molecule has 2 heterocycles. The number of anilines is 2. The largest absolute Gasteiger partial charge is 0.497 e. The zero-order valence-corrected chi connectivity index (χ0v) is 18.3. The molecule has 1 aromatic heterocycles. The Morgan fingerprint density at radius 1 is 1.06 bits per heavy atom. The number of nitrogens with zero attached hydrogens (tertiary/aromatic N) is 3. The van der Waals surface area contributed by atoms with Crippen molar-refractivity contribution >= 4 is 40.5 Å². The summed E-state index contributed by atoms with van der Waals surface area (Å²) in [6, 6.07) is 21.1. The summed E-state index contributed by atoms with van der Waals surface area (Å²) in [5, 5.41) is 3.20. The van der Waals surface area contributed by atoms with Crippen LogP contribution in [-0.4, -0.2) is 40.0 Å². The lowest BCUT2D eigenvalue weighted by Gasteiger charge is -2.23. The Balaban J connectivity index is 1.56. The van der Waals surface area contributed by atoms with Gasteiger partial charge < -0.3 is 15.0 Å². The van der Waals surface area contributed by atoms with Crippen molar-refractivity contribution in [1.29, 1.82) is 0 Å². The third kappa shape index (κ3) is 4.60. The molecule has 4 rings (SSSR count). The Kier molecular flexibility index (Phi) is 6.42. The molecule has 7 nitrogen and oxygen atoms in total. The van der Waals surface area contributed by atoms with E-state index in [0.717, 1.165) is 5.69 Å². The molecule has 1 N–H and O–H groups in total. The molecule has 162 valence electrons. The zero-order chi connectivity index (χ0) is 22.5. The van der Waals surface area contributed by atoms with Gasteiger partial charge in [0, 0.05) is 11.9 Å². The molecular formula is C24H22N4O3S. The molecule has 1 aliphatic heterocycles. The molecule has 8 heteroatoms. The number of aromatic nitrogens is 1. The van der Waals surface area contributed by atoms with Gasteiger partial charge in [-0.05, 0) is 60.7 Å². The molecule has 1 fully saturated rings. The van der Waals surface area contributed by atoms with Gasteiger partial charge in [-0.1, -0.05) is 24.3 Å². The predicted molar refractivity (Wildman–Crippen MR) is 126 cm³/mol. The van der Waals surface area contributed by atoms with Crippen molar-refractivity contribution in [3.05, 3.63) is 84.7 Å². The highest BCUT2D eigenvalue weighted by Gasteiger charge is 2.44. The second-order valence-electron chi connectivity index (χ2n) is 7.24. The molecule has 3 aromatic rings. The summed E-state index contributed by atoms with van der Waals surface area (Å²) in [4.78, 5) is 33.8. The minimum Gasteiger partial charge on any atom is -0.497 e. The van der Waals surface area contributed by atoms with Crippen LogP contribution in [0.3, 0.4) is 0 Å². The number of nitrogens with one attached hydrogen (secondary N) is 1. The van der Waals surface area contributed by atoms with Gasteiger partial charge in [0.2, 0.25) is 5.91 Å². The van der Waals surface area contributed by atoms with Crippen molar-refractivity contribution in [2.24, 2.45) is 0 Å². The van der Waals surface area contributed by atoms with Gasteiger partial charge in [-0.2, -0.15) is 0 Å². The topological polar surface area (TPSA) is 74.8 Å². The molecule has 1 aliphatic rings. The highest BCUT2D eigenvalue weighted by molar-refractivity contribution is 7.80. The Morgan fingerprint density at radius 3 is 2.44 bits per heavy atom. The van der Waals surface area contributed by atoms with E-state index in [-0.39, 0.29) is 18.2 Å². The number of methoxy groups -OCH3 is 1. The van der Waals surface area contributed by atoms with Crippen LogP contribution in [0.15, 0.2) is 79.0 Å². The number of rotatable bonds is 7. The maximum absolute atomic E-state index is 13.4. The number of benzene rings is 2. The number of carbonyl (C=O) groups is 2. The lowest BCUT2D eigenvalue weighted by molar-refractivity contribution is -0.124. The van der Waals surface area contributed by atoms with Gasteiger partial charge >= 0.3 is 0 Å². The Hall–Kier alpha value is -3.78. The molecule has 0 unspecified atom stereocenters. The number of ether oxygens (including phenoxy) is 1. The first-order valence-electron chi connectivity index (χ1n) is 10.1. The third-order valence-corrected chi connectivity index (χ3v) is 5.56. The highest BCUT2D eigenvalue weighted by Crippen LogP contribution is 2.28. The predicted octanol–water partition coefficient (Wildman–Crippen LogP) is 3.62. The van der Waals surface area contributed by atoms with Gasteiger partial charge in [0.05, 0.1) is 31.5 Å². The SMILES string of the molecule is COc1ccc(NC(=O)C[C@@H]2C(=O)N(c3ccccc3)C(=S)N2Cc2ccccn2)cc1. The molecule has 1 saturated heterocycles. The number of para-hydroxylation sites is 1. The molecule has 1 atom stereocenters. The van der Waals surface area contributed by atoms with Crippen molar-refractivity contribution < 1.29 is 14.3 Å². The van der Waals surface area contributed by atoms with E-state index < -0.39 is 6.04 Å². The van der Waals surface area contributed by atoms with Gasteiger partial charge in [-0.15, -0.1) is 0 Å². The van der Waals surface area contributed by atoms with Crippen molar-refractivity contribution in [3.63, 3.8) is 0 Å². The van der Waals surface area contributed by atoms with E-state index in [1.165, 1.54) is 4.90 Å². The van der Waals surface area contributed by atoms with E-state index in [2.05, 4.69) is 10.3 Å². The average Bonchev–Trinajstić information content (AvgIpc) is 3.04. The first-order valence-corrected chi connectivity index (χ1v) is 10.5. The van der Waals surface area contributed by atoms with Gasteiger partial charge in [0.1, 0.15) is 11.8 Å². The van der Waals surface area contributed by atoms with Crippen LogP contribution in [0, 0.1) is 0 Å². The van der Waals surface area contributed by atoms with Crippen molar-refractivity contribution in [1.82, 2.24) is 9.88 Å². The van der Waals surface area contributed by atoms with E-state index in [9.17, 15) is 9.59 Å². The lowest BCUT2D eigenvalue weighted by atomic mass is 10.1. The molecule has 0 bridgehead atoms. The zero-order valence-electron chi connectivity index (χ0n) is 17.5. The van der Waals surface area contributed by atoms with Crippen LogP contribution in [-0.2, 0) is 16.1 Å². The molecule has 32 heavy (non-hydrogen) atoms. The summed E-state index contributed by atoms with van der Waals surface area (Å²) in [5.41, 5.74) is 2.06. The van der Waals surface area contributed by atoms with Crippen LogP contribution in [0.5, 0.6) is 5.75 Å². The summed E-state index contributed by atoms with van der Waals surface area (Å²) in [5.74, 6) is 0.179. The summed E-state index contributed by atoms with van der Waals surface area (Å²) in [6.07, 6.45) is 1.65. The van der Waals surface area contributed by atoms with Crippen LogP contribution < -0.4 is 15.0 Å². The summed E-state index contributed by atoms with van der Waals surface area (Å²) in [7, 11) is 1.58. The van der Waals surface area contributed by atoms with Crippen molar-refractivity contribution in [2.75, 3.05) is 17.3 Å².